The summed E-state index contributed by atoms with van der Waals surface area (Å²) in [6.45, 7) is 3.43. The van der Waals surface area contributed by atoms with E-state index in [0.717, 1.165) is 36.5 Å². The van der Waals surface area contributed by atoms with E-state index in [2.05, 4.69) is 10.3 Å². The number of nitrogens with one attached hydrogen (secondary N) is 2. The number of rotatable bonds is 6. The summed E-state index contributed by atoms with van der Waals surface area (Å²) in [7, 11) is 0. The fourth-order valence-corrected chi connectivity index (χ4v) is 2.74. The van der Waals surface area contributed by atoms with E-state index in [4.69, 9.17) is 9.47 Å². The largest absolute Gasteiger partial charge is 0.491 e. The highest BCUT2D eigenvalue weighted by Crippen LogP contribution is 2.17. The number of carbonyl (C=O) groups excluding carboxylic acids is 1. The van der Waals surface area contributed by atoms with Crippen LogP contribution in [0.3, 0.4) is 0 Å². The molecule has 0 radical (unpaired) electrons. The predicted octanol–water partition coefficient (Wildman–Crippen LogP) is 2.17. The van der Waals surface area contributed by atoms with E-state index in [-0.39, 0.29) is 17.2 Å². The first-order valence-corrected chi connectivity index (χ1v) is 8.43. The van der Waals surface area contributed by atoms with Crippen molar-refractivity contribution >= 4 is 5.91 Å². The van der Waals surface area contributed by atoms with Crippen molar-refractivity contribution in [3.63, 3.8) is 0 Å². The molecular formula is C19H22N2O4. The lowest BCUT2D eigenvalue weighted by Gasteiger charge is -2.12. The van der Waals surface area contributed by atoms with Crippen molar-refractivity contribution in [2.45, 2.75) is 32.4 Å². The molecule has 0 spiro atoms. The van der Waals surface area contributed by atoms with E-state index >= 15 is 0 Å². The molecule has 6 nitrogen and oxygen atoms in total. The molecule has 0 unspecified atom stereocenters. The summed E-state index contributed by atoms with van der Waals surface area (Å²) >= 11 is 0. The van der Waals surface area contributed by atoms with Gasteiger partial charge in [-0.05, 0) is 49.6 Å². The number of aromatic nitrogens is 1. The zero-order valence-electron chi connectivity index (χ0n) is 14.2. The average Bonchev–Trinajstić information content (AvgIpc) is 3.12. The molecule has 1 aromatic heterocycles. The van der Waals surface area contributed by atoms with Gasteiger partial charge in [-0.1, -0.05) is 12.1 Å². The van der Waals surface area contributed by atoms with E-state index in [1.807, 2.05) is 24.3 Å². The minimum atomic E-state index is -0.396. The molecular weight excluding hydrogens is 320 g/mol. The van der Waals surface area contributed by atoms with E-state index in [1.165, 1.54) is 6.07 Å². The third-order valence-electron chi connectivity index (χ3n) is 4.11. The highest BCUT2D eigenvalue weighted by atomic mass is 16.5. The van der Waals surface area contributed by atoms with Crippen molar-refractivity contribution in [2.24, 2.45) is 0 Å². The van der Waals surface area contributed by atoms with Crippen molar-refractivity contribution in [1.29, 1.82) is 0 Å². The van der Waals surface area contributed by atoms with Gasteiger partial charge in [0.2, 0.25) is 0 Å². The van der Waals surface area contributed by atoms with Gasteiger partial charge in [-0.2, -0.15) is 0 Å². The molecule has 2 aromatic rings. The maximum absolute atomic E-state index is 12.2. The molecule has 132 valence electrons. The summed E-state index contributed by atoms with van der Waals surface area (Å²) in [5.74, 6) is 0.349. The summed E-state index contributed by atoms with van der Waals surface area (Å²) in [5.41, 5.74) is 1.35. The van der Waals surface area contributed by atoms with E-state index in [9.17, 15) is 9.59 Å². The van der Waals surface area contributed by atoms with Crippen LogP contribution in [-0.2, 0) is 11.3 Å². The molecule has 2 heterocycles. The molecule has 0 bridgehead atoms. The number of pyridine rings is 1. The molecule has 1 fully saturated rings. The zero-order valence-corrected chi connectivity index (χ0v) is 14.2. The monoisotopic (exact) mass is 342 g/mol. The predicted molar refractivity (Wildman–Crippen MR) is 93.9 cm³/mol. The van der Waals surface area contributed by atoms with Crippen LogP contribution >= 0.6 is 0 Å². The Bertz CT molecular complexity index is 794. The number of amides is 1. The summed E-state index contributed by atoms with van der Waals surface area (Å²) in [5, 5.41) is 2.76. The maximum atomic E-state index is 12.2. The molecule has 1 atom stereocenters. The van der Waals surface area contributed by atoms with E-state index < -0.39 is 5.91 Å². The van der Waals surface area contributed by atoms with Gasteiger partial charge in [0.15, 0.2) is 0 Å². The molecule has 1 aromatic carbocycles. The molecule has 6 heteroatoms. The lowest BCUT2D eigenvalue weighted by Crippen LogP contribution is -2.29. The van der Waals surface area contributed by atoms with Gasteiger partial charge in [-0.3, -0.25) is 9.59 Å². The lowest BCUT2D eigenvalue weighted by molar-refractivity contribution is 0.0679. The maximum Gasteiger partial charge on any atom is 0.260 e. The van der Waals surface area contributed by atoms with Gasteiger partial charge in [0.25, 0.3) is 11.5 Å². The van der Waals surface area contributed by atoms with Gasteiger partial charge in [0, 0.05) is 18.8 Å². The molecule has 3 rings (SSSR count). The molecule has 2 N–H and O–H groups in total. The Balaban J connectivity index is 1.56. The second-order valence-corrected chi connectivity index (χ2v) is 6.16. The van der Waals surface area contributed by atoms with Crippen LogP contribution < -0.4 is 15.6 Å². The Morgan fingerprint density at radius 1 is 1.36 bits per heavy atom. The number of hydrogen-bond donors (Lipinski definition) is 2. The van der Waals surface area contributed by atoms with E-state index in [1.54, 1.807) is 13.0 Å². The van der Waals surface area contributed by atoms with Gasteiger partial charge in [0.1, 0.15) is 17.9 Å². The third kappa shape index (κ3) is 4.70. The standard InChI is InChI=1S/C19H22N2O4/c1-13-7-8-17(19(23)21-13)18(22)20-11-14-4-2-5-15(10-14)25-12-16-6-3-9-24-16/h2,4-5,7-8,10,16H,3,6,9,11-12H2,1H3,(H,20,22)(H,21,23)/t16-/m1/s1. The first kappa shape index (κ1) is 17.2. The van der Waals surface area contributed by atoms with Crippen molar-refractivity contribution in [1.82, 2.24) is 10.3 Å². The van der Waals surface area contributed by atoms with Crippen molar-refractivity contribution < 1.29 is 14.3 Å². The number of aromatic amines is 1. The molecule has 0 aliphatic carbocycles. The van der Waals surface area contributed by atoms with Gasteiger partial charge in [0.05, 0.1) is 6.10 Å². The Kier molecular flexibility index (Phi) is 5.50. The number of hydrogen-bond acceptors (Lipinski definition) is 4. The van der Waals surface area contributed by atoms with Crippen LogP contribution in [-0.4, -0.2) is 30.2 Å². The van der Waals surface area contributed by atoms with Crippen LogP contribution in [0.1, 0.15) is 34.5 Å². The topological polar surface area (TPSA) is 80.4 Å². The fraction of sp³-hybridized carbons (Fsp3) is 0.368. The molecule has 1 saturated heterocycles. The van der Waals surface area contributed by atoms with Gasteiger partial charge in [-0.15, -0.1) is 0 Å². The van der Waals surface area contributed by atoms with Gasteiger partial charge >= 0.3 is 0 Å². The highest BCUT2D eigenvalue weighted by molar-refractivity contribution is 5.93. The number of H-pyrrole nitrogens is 1. The Labute approximate surface area is 146 Å². The summed E-state index contributed by atoms with van der Waals surface area (Å²) in [6, 6.07) is 10.8. The number of carbonyl (C=O) groups is 1. The molecule has 1 amide bonds. The van der Waals surface area contributed by atoms with Crippen LogP contribution in [0, 0.1) is 6.92 Å². The van der Waals surface area contributed by atoms with Crippen LogP contribution in [0.5, 0.6) is 5.75 Å². The molecule has 1 aliphatic heterocycles. The summed E-state index contributed by atoms with van der Waals surface area (Å²) in [6.07, 6.45) is 2.27. The quantitative estimate of drug-likeness (QED) is 0.843. The molecule has 25 heavy (non-hydrogen) atoms. The second kappa shape index (κ2) is 7.98. The SMILES string of the molecule is Cc1ccc(C(=O)NCc2cccc(OC[C@H]3CCCO3)c2)c(=O)[nH]1. The van der Waals surface area contributed by atoms with Gasteiger partial charge < -0.3 is 19.8 Å². The first-order valence-electron chi connectivity index (χ1n) is 8.43. The minimum Gasteiger partial charge on any atom is -0.491 e. The molecule has 0 saturated carbocycles. The van der Waals surface area contributed by atoms with Crippen LogP contribution in [0.4, 0.5) is 0 Å². The Hall–Kier alpha value is -2.60. The van der Waals surface area contributed by atoms with E-state index in [0.29, 0.717) is 13.2 Å². The smallest absolute Gasteiger partial charge is 0.260 e. The van der Waals surface area contributed by atoms with Crippen LogP contribution in [0.15, 0.2) is 41.2 Å². The lowest BCUT2D eigenvalue weighted by atomic mass is 10.2. The van der Waals surface area contributed by atoms with Crippen molar-refractivity contribution in [3.05, 3.63) is 63.6 Å². The van der Waals surface area contributed by atoms with Crippen LogP contribution in [0.2, 0.25) is 0 Å². The average molecular weight is 342 g/mol. The number of benzene rings is 1. The fourth-order valence-electron chi connectivity index (χ4n) is 2.74. The Morgan fingerprint density at radius 2 is 2.24 bits per heavy atom. The first-order chi connectivity index (χ1) is 12.1. The Morgan fingerprint density at radius 3 is 3.00 bits per heavy atom. The minimum absolute atomic E-state index is 0.108. The zero-order chi connectivity index (χ0) is 17.6. The summed E-state index contributed by atoms with van der Waals surface area (Å²) < 4.78 is 11.3. The number of ether oxygens (including phenoxy) is 2. The normalized spacial score (nSPS) is 16.6. The highest BCUT2D eigenvalue weighted by Gasteiger charge is 2.16. The van der Waals surface area contributed by atoms with Crippen molar-refractivity contribution in [3.8, 4) is 5.75 Å². The van der Waals surface area contributed by atoms with Gasteiger partial charge in [-0.25, -0.2) is 0 Å². The van der Waals surface area contributed by atoms with Crippen molar-refractivity contribution in [2.75, 3.05) is 13.2 Å². The molecule has 1 aliphatic rings. The third-order valence-corrected chi connectivity index (χ3v) is 4.11. The number of aryl methyl sites for hydroxylation is 1. The second-order valence-electron chi connectivity index (χ2n) is 6.16. The summed E-state index contributed by atoms with van der Waals surface area (Å²) in [4.78, 5) is 26.6. The van der Waals surface area contributed by atoms with Crippen LogP contribution in [0.25, 0.3) is 0 Å².